The van der Waals surface area contributed by atoms with Crippen molar-refractivity contribution in [3.63, 3.8) is 0 Å². The average molecular weight is 244 g/mol. The summed E-state index contributed by atoms with van der Waals surface area (Å²) in [4.78, 5) is 15.4. The van der Waals surface area contributed by atoms with Crippen LogP contribution in [0.25, 0.3) is 0 Å². The molecule has 0 bridgehead atoms. The fraction of sp³-hybridized carbons (Fsp3) is 0.600. The number of carbonyl (C=O) groups excluding carboxylic acids is 1. The predicted octanol–water partition coefficient (Wildman–Crippen LogP) is 0.827. The zero-order valence-corrected chi connectivity index (χ0v) is 10.4. The first-order valence-corrected chi connectivity index (χ1v) is 6.25. The summed E-state index contributed by atoms with van der Waals surface area (Å²) < 4.78 is 4.94. The number of hydrogen-bond donors (Lipinski definition) is 2. The van der Waals surface area contributed by atoms with E-state index in [-0.39, 0.29) is 18.2 Å². The molecule has 5 nitrogen and oxygen atoms in total. The molecule has 1 rings (SSSR count). The topological polar surface area (TPSA) is 75.4 Å². The minimum atomic E-state index is -0.914. The number of aryl methyl sites for hydroxylation is 1. The molecule has 1 atom stereocenters. The molecule has 1 aromatic rings. The molecule has 0 aliphatic rings. The third-order valence-corrected chi connectivity index (χ3v) is 2.95. The molecule has 16 heavy (non-hydrogen) atoms. The zero-order chi connectivity index (χ0) is 12.2. The van der Waals surface area contributed by atoms with E-state index in [0.29, 0.717) is 11.4 Å². The molecule has 1 amide bonds. The molecule has 90 valence electrons. The van der Waals surface area contributed by atoms with Crippen LogP contribution in [-0.2, 0) is 0 Å². The van der Waals surface area contributed by atoms with E-state index in [0.717, 1.165) is 0 Å². The number of hydrogen-bond acceptors (Lipinski definition) is 5. The zero-order valence-electron chi connectivity index (χ0n) is 9.61. The van der Waals surface area contributed by atoms with E-state index in [9.17, 15) is 9.90 Å². The molecule has 0 aromatic carbocycles. The van der Waals surface area contributed by atoms with Crippen LogP contribution in [0.4, 0.5) is 0 Å². The number of aromatic nitrogens is 1. The van der Waals surface area contributed by atoms with Gasteiger partial charge in [0.15, 0.2) is 6.39 Å². The Bertz CT molecular complexity index is 363. The first kappa shape index (κ1) is 13.1. The van der Waals surface area contributed by atoms with Crippen LogP contribution in [0.2, 0.25) is 0 Å². The molecule has 0 aliphatic carbocycles. The summed E-state index contributed by atoms with van der Waals surface area (Å²) in [5.74, 6) is 0.402. The van der Waals surface area contributed by atoms with Crippen LogP contribution in [0.1, 0.15) is 23.2 Å². The molecule has 0 saturated heterocycles. The maximum absolute atomic E-state index is 11.6. The van der Waals surface area contributed by atoms with Gasteiger partial charge in [0.05, 0.1) is 11.3 Å². The van der Waals surface area contributed by atoms with Crippen LogP contribution in [-0.4, -0.2) is 40.2 Å². The fourth-order valence-corrected chi connectivity index (χ4v) is 1.96. The van der Waals surface area contributed by atoms with Crippen molar-refractivity contribution < 1.29 is 14.3 Å². The van der Waals surface area contributed by atoms with E-state index < -0.39 is 5.60 Å². The largest absolute Gasteiger partial charge is 0.438 e. The van der Waals surface area contributed by atoms with E-state index >= 15 is 0 Å². The molecule has 0 radical (unpaired) electrons. The van der Waals surface area contributed by atoms with Gasteiger partial charge in [0.25, 0.3) is 5.91 Å². The monoisotopic (exact) mass is 244 g/mol. The van der Waals surface area contributed by atoms with Gasteiger partial charge in [-0.1, -0.05) is 0 Å². The second kappa shape index (κ2) is 5.36. The van der Waals surface area contributed by atoms with Gasteiger partial charge in [0, 0.05) is 12.3 Å². The maximum atomic E-state index is 11.6. The Morgan fingerprint density at radius 3 is 2.94 bits per heavy atom. The van der Waals surface area contributed by atoms with E-state index in [1.54, 1.807) is 13.8 Å². The van der Waals surface area contributed by atoms with Crippen LogP contribution >= 0.6 is 11.8 Å². The first-order chi connectivity index (χ1) is 7.46. The third kappa shape index (κ3) is 3.53. The van der Waals surface area contributed by atoms with E-state index in [2.05, 4.69) is 10.3 Å². The summed E-state index contributed by atoms with van der Waals surface area (Å²) in [7, 11) is 0. The minimum Gasteiger partial charge on any atom is -0.438 e. The highest BCUT2D eigenvalue weighted by Crippen LogP contribution is 2.10. The molecule has 0 fully saturated rings. The van der Waals surface area contributed by atoms with Gasteiger partial charge in [-0.3, -0.25) is 4.79 Å². The van der Waals surface area contributed by atoms with E-state index in [1.807, 2.05) is 6.26 Å². The summed E-state index contributed by atoms with van der Waals surface area (Å²) in [6, 6.07) is 0. The van der Waals surface area contributed by atoms with Gasteiger partial charge in [-0.15, -0.1) is 0 Å². The number of aliphatic hydroxyl groups is 1. The quantitative estimate of drug-likeness (QED) is 0.802. The molecule has 6 heteroatoms. The lowest BCUT2D eigenvalue weighted by Crippen LogP contribution is -2.42. The first-order valence-electron chi connectivity index (χ1n) is 4.86. The van der Waals surface area contributed by atoms with Crippen molar-refractivity contribution in [2.75, 3.05) is 18.6 Å². The number of rotatable bonds is 5. The Hall–Kier alpha value is -1.01. The number of thioether (sulfide) groups is 1. The maximum Gasteiger partial charge on any atom is 0.289 e. The van der Waals surface area contributed by atoms with Gasteiger partial charge in [-0.2, -0.15) is 11.8 Å². The van der Waals surface area contributed by atoms with Gasteiger partial charge >= 0.3 is 0 Å². The number of carbonyl (C=O) groups is 1. The molecular weight excluding hydrogens is 228 g/mol. The summed E-state index contributed by atoms with van der Waals surface area (Å²) in [6.45, 7) is 3.56. The molecule has 0 aliphatic heterocycles. The lowest BCUT2D eigenvalue weighted by atomic mass is 10.1. The van der Waals surface area contributed by atoms with Gasteiger partial charge in [0.2, 0.25) is 5.76 Å². The molecule has 0 saturated carbocycles. The second-order valence-corrected chi connectivity index (χ2v) is 4.75. The molecule has 2 N–H and O–H groups in total. The Kier molecular flexibility index (Phi) is 4.37. The van der Waals surface area contributed by atoms with E-state index in [1.165, 1.54) is 18.2 Å². The molecule has 1 unspecified atom stereocenters. The average Bonchev–Trinajstić information content (AvgIpc) is 2.61. The standard InChI is InChI=1S/C10H16N2O3S/c1-7-8(15-6-12-7)9(13)11-4-10(2,14)5-16-3/h6,14H,4-5H2,1-3H3,(H,11,13). The molecular formula is C10H16N2O3S. The SMILES string of the molecule is CSCC(C)(O)CNC(=O)c1ocnc1C. The van der Waals surface area contributed by atoms with Gasteiger partial charge in [0.1, 0.15) is 0 Å². The van der Waals surface area contributed by atoms with Crippen LogP contribution in [0.3, 0.4) is 0 Å². The summed E-state index contributed by atoms with van der Waals surface area (Å²) in [5, 5.41) is 12.5. The van der Waals surface area contributed by atoms with Crippen molar-refractivity contribution in [1.82, 2.24) is 10.3 Å². The predicted molar refractivity (Wildman–Crippen MR) is 62.6 cm³/mol. The fourth-order valence-electron chi connectivity index (χ4n) is 1.23. The summed E-state index contributed by atoms with van der Waals surface area (Å²) in [5.41, 5.74) is -0.370. The Morgan fingerprint density at radius 2 is 2.44 bits per heavy atom. The number of amides is 1. The van der Waals surface area contributed by atoms with Crippen LogP contribution < -0.4 is 5.32 Å². The van der Waals surface area contributed by atoms with Crippen molar-refractivity contribution in [2.45, 2.75) is 19.4 Å². The molecule has 1 aromatic heterocycles. The van der Waals surface area contributed by atoms with Crippen molar-refractivity contribution in [2.24, 2.45) is 0 Å². The number of oxazole rings is 1. The van der Waals surface area contributed by atoms with Crippen molar-refractivity contribution in [1.29, 1.82) is 0 Å². The number of nitrogens with one attached hydrogen (secondary N) is 1. The lowest BCUT2D eigenvalue weighted by Gasteiger charge is -2.22. The van der Waals surface area contributed by atoms with Crippen LogP contribution in [0, 0.1) is 6.92 Å². The Balaban J connectivity index is 2.51. The Labute approximate surface area is 98.6 Å². The van der Waals surface area contributed by atoms with Crippen molar-refractivity contribution >= 4 is 17.7 Å². The lowest BCUT2D eigenvalue weighted by molar-refractivity contribution is 0.0709. The van der Waals surface area contributed by atoms with Crippen LogP contribution in [0.5, 0.6) is 0 Å². The highest BCUT2D eigenvalue weighted by molar-refractivity contribution is 7.98. The van der Waals surface area contributed by atoms with Crippen molar-refractivity contribution in [3.05, 3.63) is 17.8 Å². The van der Waals surface area contributed by atoms with Crippen molar-refractivity contribution in [3.8, 4) is 0 Å². The molecule has 1 heterocycles. The molecule has 0 spiro atoms. The second-order valence-electron chi connectivity index (χ2n) is 3.88. The number of nitrogens with zero attached hydrogens (tertiary/aromatic N) is 1. The van der Waals surface area contributed by atoms with Gasteiger partial charge in [-0.05, 0) is 20.1 Å². The summed E-state index contributed by atoms with van der Waals surface area (Å²) in [6.07, 6.45) is 3.13. The minimum absolute atomic E-state index is 0.187. The Morgan fingerprint density at radius 1 is 1.75 bits per heavy atom. The van der Waals surface area contributed by atoms with E-state index in [4.69, 9.17) is 4.42 Å². The highest BCUT2D eigenvalue weighted by Gasteiger charge is 2.22. The van der Waals surface area contributed by atoms with Gasteiger partial charge in [-0.25, -0.2) is 4.98 Å². The van der Waals surface area contributed by atoms with Crippen LogP contribution in [0.15, 0.2) is 10.8 Å². The van der Waals surface area contributed by atoms with Gasteiger partial charge < -0.3 is 14.8 Å². The highest BCUT2D eigenvalue weighted by atomic mass is 32.2. The summed E-state index contributed by atoms with van der Waals surface area (Å²) >= 11 is 1.52. The third-order valence-electron chi connectivity index (χ3n) is 2.04. The normalized spacial score (nSPS) is 14.5. The smallest absolute Gasteiger partial charge is 0.289 e.